The SMILES string of the molecule is CSCCC(NS(=O)(=O)c1ccccc1)C(=O)NCC(C)CN1CCCCC1. The Hall–Kier alpha value is -1.09. The topological polar surface area (TPSA) is 78.5 Å². The number of sulfonamides is 1. The van der Waals surface area contributed by atoms with Gasteiger partial charge in [-0.25, -0.2) is 8.42 Å². The second-order valence-corrected chi connectivity index (χ2v) is 10.2. The Labute approximate surface area is 173 Å². The molecular formula is C20H33N3O3S2. The molecule has 6 nitrogen and oxygen atoms in total. The van der Waals surface area contributed by atoms with Crippen molar-refractivity contribution >= 4 is 27.7 Å². The number of nitrogens with one attached hydrogen (secondary N) is 2. The van der Waals surface area contributed by atoms with Crippen LogP contribution in [0.25, 0.3) is 0 Å². The molecule has 1 heterocycles. The van der Waals surface area contributed by atoms with E-state index in [-0.39, 0.29) is 10.8 Å². The number of likely N-dealkylation sites (tertiary alicyclic amines) is 1. The third-order valence-corrected chi connectivity index (χ3v) is 7.05. The lowest BCUT2D eigenvalue weighted by Crippen LogP contribution is -2.48. The molecule has 158 valence electrons. The first kappa shape index (κ1) is 23.2. The van der Waals surface area contributed by atoms with E-state index in [1.54, 1.807) is 30.0 Å². The molecule has 2 unspecified atom stereocenters. The number of benzene rings is 1. The van der Waals surface area contributed by atoms with Gasteiger partial charge in [-0.2, -0.15) is 16.5 Å². The average molecular weight is 428 g/mol. The van der Waals surface area contributed by atoms with E-state index in [1.807, 2.05) is 6.26 Å². The van der Waals surface area contributed by atoms with Gasteiger partial charge in [-0.15, -0.1) is 0 Å². The van der Waals surface area contributed by atoms with Crippen LogP contribution < -0.4 is 10.0 Å². The molecular weight excluding hydrogens is 394 g/mol. The molecule has 28 heavy (non-hydrogen) atoms. The maximum Gasteiger partial charge on any atom is 0.241 e. The largest absolute Gasteiger partial charge is 0.354 e. The number of nitrogens with zero attached hydrogens (tertiary/aromatic N) is 1. The third kappa shape index (κ3) is 7.73. The summed E-state index contributed by atoms with van der Waals surface area (Å²) in [5.74, 6) is 0.784. The first-order chi connectivity index (χ1) is 13.4. The zero-order chi connectivity index (χ0) is 20.4. The predicted molar refractivity (Wildman–Crippen MR) is 116 cm³/mol. The van der Waals surface area contributed by atoms with Gasteiger partial charge in [-0.1, -0.05) is 31.5 Å². The summed E-state index contributed by atoms with van der Waals surface area (Å²) >= 11 is 1.60. The minimum atomic E-state index is -3.72. The molecule has 1 fully saturated rings. The number of hydrogen-bond donors (Lipinski definition) is 2. The number of hydrogen-bond acceptors (Lipinski definition) is 5. The lowest BCUT2D eigenvalue weighted by Gasteiger charge is -2.29. The molecule has 8 heteroatoms. The Kier molecular flexibility index (Phi) is 9.77. The van der Waals surface area contributed by atoms with Gasteiger partial charge in [-0.3, -0.25) is 4.79 Å². The summed E-state index contributed by atoms with van der Waals surface area (Å²) < 4.78 is 27.8. The highest BCUT2D eigenvalue weighted by Gasteiger charge is 2.25. The molecule has 0 saturated carbocycles. The van der Waals surface area contributed by atoms with Gasteiger partial charge in [0.1, 0.15) is 6.04 Å². The van der Waals surface area contributed by atoms with Crippen molar-refractivity contribution in [1.82, 2.24) is 14.9 Å². The Balaban J connectivity index is 1.90. The minimum absolute atomic E-state index is 0.176. The number of carbonyl (C=O) groups excluding carboxylic acids is 1. The minimum Gasteiger partial charge on any atom is -0.354 e. The summed E-state index contributed by atoms with van der Waals surface area (Å²) in [5, 5.41) is 2.95. The molecule has 2 atom stereocenters. The van der Waals surface area contributed by atoms with Gasteiger partial charge in [-0.05, 0) is 62.4 Å². The number of amides is 1. The summed E-state index contributed by atoms with van der Waals surface area (Å²) in [7, 11) is -3.72. The van der Waals surface area contributed by atoms with Crippen molar-refractivity contribution in [3.05, 3.63) is 30.3 Å². The quantitative estimate of drug-likeness (QED) is 0.567. The van der Waals surface area contributed by atoms with Crippen molar-refractivity contribution in [1.29, 1.82) is 0 Å². The first-order valence-corrected chi connectivity index (χ1v) is 12.9. The zero-order valence-electron chi connectivity index (χ0n) is 16.9. The number of thioether (sulfide) groups is 1. The Morgan fingerprint density at radius 3 is 2.50 bits per heavy atom. The van der Waals surface area contributed by atoms with E-state index >= 15 is 0 Å². The lowest BCUT2D eigenvalue weighted by molar-refractivity contribution is -0.122. The van der Waals surface area contributed by atoms with Crippen molar-refractivity contribution < 1.29 is 13.2 Å². The number of rotatable bonds is 11. The third-order valence-electron chi connectivity index (χ3n) is 4.92. The second kappa shape index (κ2) is 11.8. The Bertz CT molecular complexity index is 692. The van der Waals surface area contributed by atoms with Crippen LogP contribution >= 0.6 is 11.8 Å². The number of carbonyl (C=O) groups is 1. The highest BCUT2D eigenvalue weighted by molar-refractivity contribution is 7.98. The van der Waals surface area contributed by atoms with Crippen LogP contribution in [-0.2, 0) is 14.8 Å². The molecule has 0 aromatic heterocycles. The van der Waals surface area contributed by atoms with Gasteiger partial charge in [0.05, 0.1) is 4.90 Å². The van der Waals surface area contributed by atoms with Gasteiger partial charge in [0.25, 0.3) is 0 Å². The zero-order valence-corrected chi connectivity index (χ0v) is 18.5. The molecule has 1 aliphatic rings. The van der Waals surface area contributed by atoms with E-state index in [0.29, 0.717) is 24.6 Å². The molecule has 0 radical (unpaired) electrons. The van der Waals surface area contributed by atoms with E-state index in [1.165, 1.54) is 31.4 Å². The highest BCUT2D eigenvalue weighted by Crippen LogP contribution is 2.12. The normalized spacial score (nSPS) is 17.8. The van der Waals surface area contributed by atoms with Crippen LogP contribution in [0.15, 0.2) is 35.2 Å². The molecule has 0 aliphatic carbocycles. The molecule has 1 aromatic rings. The van der Waals surface area contributed by atoms with Crippen LogP contribution in [0.3, 0.4) is 0 Å². The van der Waals surface area contributed by atoms with Gasteiger partial charge >= 0.3 is 0 Å². The fraction of sp³-hybridized carbons (Fsp3) is 0.650. The number of piperidine rings is 1. The van der Waals surface area contributed by atoms with Crippen LogP contribution in [0.4, 0.5) is 0 Å². The van der Waals surface area contributed by atoms with Crippen molar-refractivity contribution in [2.45, 2.75) is 43.5 Å². The second-order valence-electron chi connectivity index (χ2n) is 7.48. The standard InChI is InChI=1S/C20H33N3O3S2/c1-17(16-23-12-7-4-8-13-23)15-21-20(24)19(11-14-27-2)22-28(25,26)18-9-5-3-6-10-18/h3,5-6,9-10,17,19,22H,4,7-8,11-16H2,1-2H3,(H,21,24). The molecule has 1 saturated heterocycles. The van der Waals surface area contributed by atoms with E-state index in [4.69, 9.17) is 0 Å². The molecule has 2 rings (SSSR count). The molecule has 1 aromatic carbocycles. The van der Waals surface area contributed by atoms with E-state index in [0.717, 1.165) is 19.6 Å². The van der Waals surface area contributed by atoms with Crippen molar-refractivity contribution in [2.24, 2.45) is 5.92 Å². The highest BCUT2D eigenvalue weighted by atomic mass is 32.2. The summed E-state index contributed by atoms with van der Waals surface area (Å²) in [5.41, 5.74) is 0. The lowest BCUT2D eigenvalue weighted by atomic mass is 10.1. The molecule has 1 aliphatic heterocycles. The van der Waals surface area contributed by atoms with Crippen LogP contribution in [-0.4, -0.2) is 63.5 Å². The Morgan fingerprint density at radius 1 is 1.18 bits per heavy atom. The van der Waals surface area contributed by atoms with E-state index < -0.39 is 16.1 Å². The van der Waals surface area contributed by atoms with Crippen LogP contribution in [0, 0.1) is 5.92 Å². The summed E-state index contributed by atoms with van der Waals surface area (Å²) in [6.07, 6.45) is 6.20. The maximum atomic E-state index is 12.7. The monoisotopic (exact) mass is 427 g/mol. The van der Waals surface area contributed by atoms with Crippen molar-refractivity contribution in [3.63, 3.8) is 0 Å². The summed E-state index contributed by atoms with van der Waals surface area (Å²) in [4.78, 5) is 15.3. The van der Waals surface area contributed by atoms with E-state index in [9.17, 15) is 13.2 Å². The van der Waals surface area contributed by atoms with Gasteiger partial charge < -0.3 is 10.2 Å². The van der Waals surface area contributed by atoms with Gasteiger partial charge in [0.2, 0.25) is 15.9 Å². The summed E-state index contributed by atoms with van der Waals surface area (Å²) in [6, 6.07) is 7.42. The van der Waals surface area contributed by atoms with Crippen LogP contribution in [0.5, 0.6) is 0 Å². The fourth-order valence-corrected chi connectivity index (χ4v) is 5.10. The van der Waals surface area contributed by atoms with Gasteiger partial charge in [0, 0.05) is 13.1 Å². The van der Waals surface area contributed by atoms with Crippen LogP contribution in [0.2, 0.25) is 0 Å². The molecule has 1 amide bonds. The van der Waals surface area contributed by atoms with E-state index in [2.05, 4.69) is 21.9 Å². The van der Waals surface area contributed by atoms with Crippen molar-refractivity contribution in [2.75, 3.05) is 38.2 Å². The van der Waals surface area contributed by atoms with Gasteiger partial charge in [0.15, 0.2) is 0 Å². The average Bonchev–Trinajstić information content (AvgIpc) is 2.70. The molecule has 0 spiro atoms. The Morgan fingerprint density at radius 2 is 1.86 bits per heavy atom. The first-order valence-electron chi connectivity index (χ1n) is 9.98. The fourth-order valence-electron chi connectivity index (χ4n) is 3.38. The molecule has 0 bridgehead atoms. The maximum absolute atomic E-state index is 12.7. The van der Waals surface area contributed by atoms with Crippen LogP contribution in [0.1, 0.15) is 32.6 Å². The predicted octanol–water partition coefficient (Wildman–Crippen LogP) is 2.32. The summed E-state index contributed by atoms with van der Waals surface area (Å²) in [6.45, 7) is 5.90. The molecule has 2 N–H and O–H groups in total. The van der Waals surface area contributed by atoms with Crippen molar-refractivity contribution in [3.8, 4) is 0 Å². The smallest absolute Gasteiger partial charge is 0.241 e.